The second-order valence-corrected chi connectivity index (χ2v) is 9.75. The fourth-order valence-electron chi connectivity index (χ4n) is 2.57. The van der Waals surface area contributed by atoms with Crippen LogP contribution >= 0.6 is 23.4 Å². The van der Waals surface area contributed by atoms with Crippen LogP contribution in [0, 0.1) is 5.41 Å². The largest absolute Gasteiger partial charge is 0.495 e. The van der Waals surface area contributed by atoms with Gasteiger partial charge in [0, 0.05) is 22.0 Å². The van der Waals surface area contributed by atoms with Crippen molar-refractivity contribution in [1.29, 1.82) is 0 Å². The summed E-state index contributed by atoms with van der Waals surface area (Å²) in [5, 5.41) is 5.94. The maximum absolute atomic E-state index is 12.6. The topological polar surface area (TPSA) is 67.4 Å². The van der Waals surface area contributed by atoms with Crippen molar-refractivity contribution in [1.82, 2.24) is 0 Å². The highest BCUT2D eigenvalue weighted by molar-refractivity contribution is 8.00. The van der Waals surface area contributed by atoms with Crippen LogP contribution < -0.4 is 15.4 Å². The van der Waals surface area contributed by atoms with Gasteiger partial charge in [-0.25, -0.2) is 0 Å². The number of thioether (sulfide) groups is 1. The molecule has 156 valence electrons. The Hall–Kier alpha value is -2.18. The molecule has 2 aromatic rings. The van der Waals surface area contributed by atoms with Crippen LogP contribution in [-0.4, -0.2) is 24.2 Å². The summed E-state index contributed by atoms with van der Waals surface area (Å²) in [6, 6.07) is 12.5. The van der Waals surface area contributed by atoms with Gasteiger partial charge in [-0.05, 0) is 54.8 Å². The smallest absolute Gasteiger partial charge is 0.237 e. The maximum atomic E-state index is 12.6. The number of rotatable bonds is 7. The van der Waals surface area contributed by atoms with Gasteiger partial charge >= 0.3 is 0 Å². The second kappa shape index (κ2) is 10.0. The Bertz CT molecular complexity index is 863. The molecule has 2 rings (SSSR count). The summed E-state index contributed by atoms with van der Waals surface area (Å²) < 4.78 is 5.26. The predicted octanol–water partition coefficient (Wildman–Crippen LogP) is 5.84. The van der Waals surface area contributed by atoms with Crippen LogP contribution in [0.2, 0.25) is 5.02 Å². The number of hydrogen-bond donors (Lipinski definition) is 2. The molecular weight excluding hydrogens is 408 g/mol. The summed E-state index contributed by atoms with van der Waals surface area (Å²) in [4.78, 5) is 25.5. The van der Waals surface area contributed by atoms with E-state index in [-0.39, 0.29) is 22.5 Å². The molecule has 2 N–H and O–H groups in total. The zero-order valence-electron chi connectivity index (χ0n) is 17.3. The highest BCUT2D eigenvalue weighted by atomic mass is 35.5. The van der Waals surface area contributed by atoms with Gasteiger partial charge in [-0.2, -0.15) is 0 Å². The summed E-state index contributed by atoms with van der Waals surface area (Å²) in [7, 11) is 1.54. The standard InChI is InChI=1S/C22H27ClN2O3S/c1-14(21(27)25-18-12-15(23)6-11-19(18)28-5)29-17-9-7-16(8-10-17)24-20(26)13-22(2,3)4/h6-12,14H,13H2,1-5H3,(H,24,26)(H,25,27). The van der Waals surface area contributed by atoms with Gasteiger partial charge in [0.25, 0.3) is 0 Å². The van der Waals surface area contributed by atoms with Crippen LogP contribution in [0.25, 0.3) is 0 Å². The van der Waals surface area contributed by atoms with Gasteiger partial charge in [-0.1, -0.05) is 32.4 Å². The average molecular weight is 435 g/mol. The van der Waals surface area contributed by atoms with Gasteiger partial charge in [0.05, 0.1) is 18.0 Å². The summed E-state index contributed by atoms with van der Waals surface area (Å²) in [5.74, 6) is 0.384. The van der Waals surface area contributed by atoms with E-state index >= 15 is 0 Å². The second-order valence-electron chi connectivity index (χ2n) is 7.90. The van der Waals surface area contributed by atoms with Crippen LogP contribution in [0.4, 0.5) is 11.4 Å². The lowest BCUT2D eigenvalue weighted by Gasteiger charge is -2.17. The van der Waals surface area contributed by atoms with E-state index in [0.717, 1.165) is 10.6 Å². The minimum atomic E-state index is -0.333. The van der Waals surface area contributed by atoms with E-state index < -0.39 is 0 Å². The number of nitrogens with one attached hydrogen (secondary N) is 2. The third-order valence-electron chi connectivity index (χ3n) is 3.93. The van der Waals surface area contributed by atoms with Gasteiger partial charge in [0.2, 0.25) is 11.8 Å². The van der Waals surface area contributed by atoms with E-state index in [4.69, 9.17) is 16.3 Å². The number of benzene rings is 2. The first-order chi connectivity index (χ1) is 13.6. The Morgan fingerprint density at radius 3 is 2.34 bits per heavy atom. The summed E-state index contributed by atoms with van der Waals surface area (Å²) in [5.41, 5.74) is 1.22. The van der Waals surface area contributed by atoms with Gasteiger partial charge in [-0.15, -0.1) is 11.8 Å². The summed E-state index contributed by atoms with van der Waals surface area (Å²) in [6.07, 6.45) is 0.452. The molecule has 0 fully saturated rings. The monoisotopic (exact) mass is 434 g/mol. The lowest BCUT2D eigenvalue weighted by atomic mass is 9.92. The fraction of sp³-hybridized carbons (Fsp3) is 0.364. The lowest BCUT2D eigenvalue weighted by Crippen LogP contribution is -2.22. The zero-order valence-corrected chi connectivity index (χ0v) is 18.9. The quantitative estimate of drug-likeness (QED) is 0.537. The van der Waals surface area contributed by atoms with E-state index in [9.17, 15) is 9.59 Å². The van der Waals surface area contributed by atoms with Crippen molar-refractivity contribution in [2.75, 3.05) is 17.7 Å². The molecule has 0 bridgehead atoms. The number of methoxy groups -OCH3 is 1. The van der Waals surface area contributed by atoms with E-state index in [2.05, 4.69) is 10.6 Å². The van der Waals surface area contributed by atoms with Crippen LogP contribution in [0.1, 0.15) is 34.1 Å². The third-order valence-corrected chi connectivity index (χ3v) is 5.28. The molecule has 0 radical (unpaired) electrons. The summed E-state index contributed by atoms with van der Waals surface area (Å²) >= 11 is 7.44. The fourth-order valence-corrected chi connectivity index (χ4v) is 3.61. The lowest BCUT2D eigenvalue weighted by molar-refractivity contribution is -0.118. The normalized spacial score (nSPS) is 12.2. The summed E-state index contributed by atoms with van der Waals surface area (Å²) in [6.45, 7) is 7.91. The van der Waals surface area contributed by atoms with Crippen LogP contribution in [0.15, 0.2) is 47.4 Å². The molecule has 0 spiro atoms. The van der Waals surface area contributed by atoms with Gasteiger partial charge in [0.15, 0.2) is 0 Å². The van der Waals surface area contributed by atoms with Crippen LogP contribution in [0.5, 0.6) is 5.75 Å². The molecule has 29 heavy (non-hydrogen) atoms. The molecule has 0 saturated carbocycles. The van der Waals surface area contributed by atoms with Gasteiger partial charge < -0.3 is 15.4 Å². The van der Waals surface area contributed by atoms with Crippen molar-refractivity contribution in [2.24, 2.45) is 5.41 Å². The van der Waals surface area contributed by atoms with E-state index in [0.29, 0.717) is 22.9 Å². The first kappa shape index (κ1) is 23.1. The van der Waals surface area contributed by atoms with Crippen molar-refractivity contribution < 1.29 is 14.3 Å². The van der Waals surface area contributed by atoms with Crippen LogP contribution in [0.3, 0.4) is 0 Å². The van der Waals surface area contributed by atoms with Crippen molar-refractivity contribution in [3.05, 3.63) is 47.5 Å². The Labute approximate surface area is 181 Å². The number of anilines is 2. The first-order valence-electron chi connectivity index (χ1n) is 9.28. The highest BCUT2D eigenvalue weighted by Gasteiger charge is 2.18. The Morgan fingerprint density at radius 1 is 1.10 bits per heavy atom. The maximum Gasteiger partial charge on any atom is 0.237 e. The molecule has 0 aliphatic rings. The Kier molecular flexibility index (Phi) is 7.99. The molecule has 0 aliphatic heterocycles. The molecular formula is C22H27ClN2O3S. The molecule has 2 amide bonds. The number of hydrogen-bond acceptors (Lipinski definition) is 4. The van der Waals surface area contributed by atoms with Crippen molar-refractivity contribution in [3.8, 4) is 5.75 Å². The number of ether oxygens (including phenoxy) is 1. The number of amides is 2. The predicted molar refractivity (Wildman–Crippen MR) is 121 cm³/mol. The molecule has 1 atom stereocenters. The Balaban J connectivity index is 1.95. The van der Waals surface area contributed by atoms with Crippen molar-refractivity contribution in [3.63, 3.8) is 0 Å². The van der Waals surface area contributed by atoms with E-state index in [1.807, 2.05) is 52.0 Å². The SMILES string of the molecule is COc1ccc(Cl)cc1NC(=O)C(C)Sc1ccc(NC(=O)CC(C)(C)C)cc1. The van der Waals surface area contributed by atoms with Gasteiger partial charge in [-0.3, -0.25) is 9.59 Å². The zero-order chi connectivity index (χ0) is 21.6. The molecule has 7 heteroatoms. The minimum absolute atomic E-state index is 0.0129. The minimum Gasteiger partial charge on any atom is -0.495 e. The molecule has 0 heterocycles. The molecule has 1 unspecified atom stereocenters. The van der Waals surface area contributed by atoms with Crippen molar-refractivity contribution >= 4 is 46.6 Å². The molecule has 0 aliphatic carbocycles. The Morgan fingerprint density at radius 2 is 1.76 bits per heavy atom. The molecule has 2 aromatic carbocycles. The first-order valence-corrected chi connectivity index (χ1v) is 10.5. The number of carbonyl (C=O) groups excluding carboxylic acids is 2. The number of carbonyl (C=O) groups is 2. The van der Waals surface area contributed by atoms with Crippen molar-refractivity contribution in [2.45, 2.75) is 44.3 Å². The van der Waals surface area contributed by atoms with Gasteiger partial charge in [0.1, 0.15) is 5.75 Å². The number of halogens is 1. The highest BCUT2D eigenvalue weighted by Crippen LogP contribution is 2.30. The van der Waals surface area contributed by atoms with Crippen LogP contribution in [-0.2, 0) is 9.59 Å². The molecule has 5 nitrogen and oxygen atoms in total. The third kappa shape index (κ3) is 7.63. The molecule has 0 aromatic heterocycles. The van der Waals surface area contributed by atoms with E-state index in [1.165, 1.54) is 11.8 Å². The molecule has 0 saturated heterocycles. The van der Waals surface area contributed by atoms with E-state index in [1.54, 1.807) is 25.3 Å². The average Bonchev–Trinajstić information content (AvgIpc) is 2.62.